The van der Waals surface area contributed by atoms with Crippen LogP contribution in [0.25, 0.3) is 11.0 Å². The Kier molecular flexibility index (Phi) is 4.14. The number of nitrogens with zero attached hydrogens (tertiary/aromatic N) is 1. The average Bonchev–Trinajstić information content (AvgIpc) is 3.02. The molecule has 0 N–H and O–H groups in total. The molecule has 1 aliphatic heterocycles. The quantitative estimate of drug-likeness (QED) is 0.402. The van der Waals surface area contributed by atoms with Crippen molar-refractivity contribution in [1.29, 1.82) is 0 Å². The number of anilines is 1. The van der Waals surface area contributed by atoms with E-state index in [1.165, 1.54) is 0 Å². The Morgan fingerprint density at radius 2 is 1.72 bits per heavy atom. The number of halogens is 1. The molecule has 4 nitrogen and oxygen atoms in total. The molecule has 0 aliphatic carbocycles. The average molecular weight is 446 g/mol. The fraction of sp³-hybridized carbons (Fsp3) is 0.0833. The maximum Gasteiger partial charge on any atom is 0.295 e. The summed E-state index contributed by atoms with van der Waals surface area (Å²) in [5.41, 5.74) is 3.24. The molecule has 1 aliphatic rings. The van der Waals surface area contributed by atoms with Gasteiger partial charge in [0, 0.05) is 10.2 Å². The van der Waals surface area contributed by atoms with Crippen molar-refractivity contribution >= 4 is 38.5 Å². The zero-order valence-corrected chi connectivity index (χ0v) is 17.1. The van der Waals surface area contributed by atoms with E-state index in [4.69, 9.17) is 4.42 Å². The van der Waals surface area contributed by atoms with E-state index in [0.29, 0.717) is 16.5 Å². The van der Waals surface area contributed by atoms with Gasteiger partial charge in [0.1, 0.15) is 5.58 Å². The van der Waals surface area contributed by atoms with Crippen LogP contribution in [0.3, 0.4) is 0 Å². The van der Waals surface area contributed by atoms with Crippen LogP contribution in [-0.2, 0) is 0 Å². The molecular weight excluding hydrogens is 430 g/mol. The first kappa shape index (κ1) is 17.9. The van der Waals surface area contributed by atoms with Crippen molar-refractivity contribution in [1.82, 2.24) is 0 Å². The van der Waals surface area contributed by atoms with Gasteiger partial charge in [-0.25, -0.2) is 0 Å². The van der Waals surface area contributed by atoms with E-state index >= 15 is 0 Å². The standard InChI is InChI=1S/C24H16BrNO3/c1-14-6-5-9-17(12-14)26-21(15-7-3-2-4-8-15)20-22(27)18-13-16(25)10-11-19(18)29-23(20)24(26)28/h2-13,21H,1H3. The van der Waals surface area contributed by atoms with Crippen LogP contribution in [0.15, 0.2) is 86.5 Å². The van der Waals surface area contributed by atoms with Gasteiger partial charge in [0.05, 0.1) is 17.0 Å². The molecule has 0 bridgehead atoms. The minimum absolute atomic E-state index is 0.111. The van der Waals surface area contributed by atoms with Gasteiger partial charge in [-0.2, -0.15) is 0 Å². The van der Waals surface area contributed by atoms with Crippen molar-refractivity contribution in [3.05, 3.63) is 110 Å². The van der Waals surface area contributed by atoms with Crippen LogP contribution in [-0.4, -0.2) is 5.91 Å². The number of carbonyl (C=O) groups is 1. The van der Waals surface area contributed by atoms with Crippen LogP contribution in [0, 0.1) is 6.92 Å². The molecule has 142 valence electrons. The Bertz CT molecular complexity index is 1330. The number of rotatable bonds is 2. The molecule has 1 unspecified atom stereocenters. The van der Waals surface area contributed by atoms with Gasteiger partial charge in [-0.15, -0.1) is 0 Å². The van der Waals surface area contributed by atoms with Crippen LogP contribution in [0.4, 0.5) is 5.69 Å². The summed E-state index contributed by atoms with van der Waals surface area (Å²) in [5.74, 6) is -0.193. The van der Waals surface area contributed by atoms with Crippen molar-refractivity contribution < 1.29 is 9.21 Å². The van der Waals surface area contributed by atoms with Crippen molar-refractivity contribution in [2.24, 2.45) is 0 Å². The maximum atomic E-state index is 13.5. The zero-order chi connectivity index (χ0) is 20.1. The van der Waals surface area contributed by atoms with E-state index < -0.39 is 6.04 Å². The van der Waals surface area contributed by atoms with Crippen molar-refractivity contribution in [3.8, 4) is 0 Å². The number of aryl methyl sites for hydroxylation is 1. The monoisotopic (exact) mass is 445 g/mol. The van der Waals surface area contributed by atoms with Crippen LogP contribution < -0.4 is 10.3 Å². The summed E-state index contributed by atoms with van der Waals surface area (Å²) in [6.45, 7) is 1.98. The van der Waals surface area contributed by atoms with Crippen molar-refractivity contribution in [2.45, 2.75) is 13.0 Å². The molecule has 0 radical (unpaired) electrons. The fourth-order valence-electron chi connectivity index (χ4n) is 3.94. The maximum absolute atomic E-state index is 13.5. The molecule has 1 atom stereocenters. The van der Waals surface area contributed by atoms with Gasteiger partial charge < -0.3 is 4.42 Å². The third kappa shape index (κ3) is 2.81. The van der Waals surface area contributed by atoms with Gasteiger partial charge in [0.15, 0.2) is 5.43 Å². The molecule has 1 amide bonds. The second kappa shape index (κ2) is 6.71. The van der Waals surface area contributed by atoms with Crippen LogP contribution in [0.5, 0.6) is 0 Å². The van der Waals surface area contributed by atoms with Gasteiger partial charge in [0.2, 0.25) is 5.76 Å². The predicted octanol–water partition coefficient (Wildman–Crippen LogP) is 5.61. The SMILES string of the molecule is Cc1cccc(N2C(=O)c3oc4ccc(Br)cc4c(=O)c3C2c2ccccc2)c1. The smallest absolute Gasteiger partial charge is 0.295 e. The molecular formula is C24H16BrNO3. The number of fused-ring (bicyclic) bond motifs is 2. The van der Waals surface area contributed by atoms with E-state index in [1.807, 2.05) is 61.5 Å². The molecule has 29 heavy (non-hydrogen) atoms. The molecule has 0 spiro atoms. The Labute approximate surface area is 175 Å². The second-order valence-electron chi connectivity index (χ2n) is 7.14. The molecule has 0 saturated carbocycles. The Hall–Kier alpha value is -3.18. The minimum Gasteiger partial charge on any atom is -0.450 e. The summed E-state index contributed by atoms with van der Waals surface area (Å²) in [6, 6.07) is 22.0. The third-order valence-electron chi connectivity index (χ3n) is 5.23. The molecule has 3 aromatic carbocycles. The zero-order valence-electron chi connectivity index (χ0n) is 15.6. The number of carbonyl (C=O) groups excluding carboxylic acids is 1. The van der Waals surface area contributed by atoms with E-state index in [0.717, 1.165) is 21.3 Å². The summed E-state index contributed by atoms with van der Waals surface area (Å²) in [6.07, 6.45) is 0. The molecule has 2 heterocycles. The minimum atomic E-state index is -0.542. The van der Waals surface area contributed by atoms with Crippen LogP contribution in [0.2, 0.25) is 0 Å². The lowest BCUT2D eigenvalue weighted by atomic mass is 9.98. The molecule has 0 fully saturated rings. The third-order valence-corrected chi connectivity index (χ3v) is 5.72. The number of hydrogen-bond donors (Lipinski definition) is 0. The second-order valence-corrected chi connectivity index (χ2v) is 8.06. The van der Waals surface area contributed by atoms with Crippen LogP contribution >= 0.6 is 15.9 Å². The van der Waals surface area contributed by atoms with Gasteiger partial charge in [-0.3, -0.25) is 14.5 Å². The highest BCUT2D eigenvalue weighted by molar-refractivity contribution is 9.10. The highest BCUT2D eigenvalue weighted by Crippen LogP contribution is 2.41. The van der Waals surface area contributed by atoms with Gasteiger partial charge in [-0.05, 0) is 48.4 Å². The fourth-order valence-corrected chi connectivity index (χ4v) is 4.30. The normalized spacial score (nSPS) is 15.7. The Morgan fingerprint density at radius 1 is 0.931 bits per heavy atom. The highest BCUT2D eigenvalue weighted by Gasteiger charge is 2.43. The van der Waals surface area contributed by atoms with Gasteiger partial charge in [-0.1, -0.05) is 58.4 Å². The first-order chi connectivity index (χ1) is 14.0. The topological polar surface area (TPSA) is 50.5 Å². The molecule has 1 aromatic heterocycles. The summed E-state index contributed by atoms with van der Waals surface area (Å²) < 4.78 is 6.76. The summed E-state index contributed by atoms with van der Waals surface area (Å²) >= 11 is 3.42. The molecule has 4 aromatic rings. The number of hydrogen-bond acceptors (Lipinski definition) is 3. The predicted molar refractivity (Wildman–Crippen MR) is 116 cm³/mol. The number of amides is 1. The lowest BCUT2D eigenvalue weighted by Gasteiger charge is -2.25. The molecule has 5 heteroatoms. The lowest BCUT2D eigenvalue weighted by Crippen LogP contribution is -2.29. The Morgan fingerprint density at radius 3 is 2.48 bits per heavy atom. The summed E-state index contributed by atoms with van der Waals surface area (Å²) in [4.78, 5) is 28.6. The van der Waals surface area contributed by atoms with Gasteiger partial charge in [0.25, 0.3) is 5.91 Å². The highest BCUT2D eigenvalue weighted by atomic mass is 79.9. The van der Waals surface area contributed by atoms with E-state index in [9.17, 15) is 9.59 Å². The first-order valence-electron chi connectivity index (χ1n) is 9.26. The van der Waals surface area contributed by atoms with Crippen molar-refractivity contribution in [3.63, 3.8) is 0 Å². The van der Waals surface area contributed by atoms with E-state index in [-0.39, 0.29) is 17.1 Å². The first-order valence-corrected chi connectivity index (χ1v) is 10.1. The largest absolute Gasteiger partial charge is 0.450 e. The molecule has 0 saturated heterocycles. The van der Waals surface area contributed by atoms with E-state index in [1.54, 1.807) is 23.1 Å². The van der Waals surface area contributed by atoms with Crippen LogP contribution in [0.1, 0.15) is 33.3 Å². The van der Waals surface area contributed by atoms with Gasteiger partial charge >= 0.3 is 0 Å². The lowest BCUT2D eigenvalue weighted by molar-refractivity contribution is 0.0971. The molecule has 5 rings (SSSR count). The summed E-state index contributed by atoms with van der Waals surface area (Å²) in [5, 5.41) is 0.456. The van der Waals surface area contributed by atoms with E-state index in [2.05, 4.69) is 15.9 Å². The summed E-state index contributed by atoms with van der Waals surface area (Å²) in [7, 11) is 0. The Balaban J connectivity index is 1.84. The van der Waals surface area contributed by atoms with Crippen molar-refractivity contribution in [2.75, 3.05) is 4.90 Å². The number of benzene rings is 3.